The van der Waals surface area contributed by atoms with Crippen LogP contribution in [0.3, 0.4) is 0 Å². The molecule has 4 aromatic carbocycles. The topological polar surface area (TPSA) is 66.5 Å². The van der Waals surface area contributed by atoms with Crippen molar-refractivity contribution in [3.8, 4) is 0 Å². The average Bonchev–Trinajstić information content (AvgIpc) is 2.67. The summed E-state index contributed by atoms with van der Waals surface area (Å²) in [5.41, 5.74) is 8.18. The molecule has 3 nitrogen and oxygen atoms in total. The summed E-state index contributed by atoms with van der Waals surface area (Å²) >= 11 is 2.25. The lowest BCUT2D eigenvalue weighted by atomic mass is 10.1. The van der Waals surface area contributed by atoms with E-state index in [-0.39, 0.29) is 13.2 Å². The highest BCUT2D eigenvalue weighted by atomic mass is 127. The second-order valence-corrected chi connectivity index (χ2v) is 7.17. The normalized spacial score (nSPS) is 10.6. The van der Waals surface area contributed by atoms with Gasteiger partial charge in [-0.25, -0.2) is 0 Å². The molecule has 0 aliphatic carbocycles. The van der Waals surface area contributed by atoms with Gasteiger partial charge in [-0.2, -0.15) is 0 Å². The van der Waals surface area contributed by atoms with Crippen LogP contribution in [-0.4, -0.2) is 10.2 Å². The van der Waals surface area contributed by atoms with E-state index in [0.717, 1.165) is 25.5 Å². The van der Waals surface area contributed by atoms with Crippen LogP contribution in [0.2, 0.25) is 0 Å². The van der Waals surface area contributed by atoms with Crippen LogP contribution in [0, 0.1) is 3.57 Å². The number of rotatable bonds is 2. The molecule has 132 valence electrons. The van der Waals surface area contributed by atoms with Crippen LogP contribution >= 0.6 is 22.6 Å². The van der Waals surface area contributed by atoms with Crippen molar-refractivity contribution in [2.45, 2.75) is 13.2 Å². The molecule has 0 radical (unpaired) electrons. The second kappa shape index (κ2) is 8.49. The molecule has 0 spiro atoms. The van der Waals surface area contributed by atoms with E-state index in [4.69, 9.17) is 15.9 Å². The molecule has 0 saturated carbocycles. The first-order chi connectivity index (χ1) is 12.6. The molecule has 0 bridgehead atoms. The van der Waals surface area contributed by atoms with Gasteiger partial charge in [0.1, 0.15) is 0 Å². The summed E-state index contributed by atoms with van der Waals surface area (Å²) < 4.78 is 1.12. The van der Waals surface area contributed by atoms with Gasteiger partial charge in [0.2, 0.25) is 0 Å². The molecule has 0 fully saturated rings. The average molecular weight is 457 g/mol. The predicted octanol–water partition coefficient (Wildman–Crippen LogP) is 4.85. The van der Waals surface area contributed by atoms with Gasteiger partial charge in [0.05, 0.1) is 13.2 Å². The van der Waals surface area contributed by atoms with Gasteiger partial charge in [0, 0.05) is 14.8 Å². The summed E-state index contributed by atoms with van der Waals surface area (Å²) in [5.74, 6) is 0. The molecule has 0 heterocycles. The Morgan fingerprint density at radius 3 is 1.58 bits per heavy atom. The lowest BCUT2D eigenvalue weighted by molar-refractivity contribution is 0.281. The molecule has 0 saturated heterocycles. The van der Waals surface area contributed by atoms with E-state index < -0.39 is 0 Å². The summed E-state index contributed by atoms with van der Waals surface area (Å²) in [6.07, 6.45) is 0. The summed E-state index contributed by atoms with van der Waals surface area (Å²) in [6, 6.07) is 24.1. The standard InChI is InChI=1S/C11H9IO.C11H11NO/c2*12-11-6-9-4-2-1-3-8(9)5-10(11)7-13/h1-6,13H,7H2;1-6,13H,7,12H2. The van der Waals surface area contributed by atoms with Gasteiger partial charge < -0.3 is 15.9 Å². The molecule has 0 aliphatic rings. The van der Waals surface area contributed by atoms with Crippen LogP contribution in [-0.2, 0) is 13.2 Å². The molecule has 0 aliphatic heterocycles. The molecule has 4 aromatic rings. The molecule has 0 unspecified atom stereocenters. The Morgan fingerprint density at radius 1 is 0.654 bits per heavy atom. The van der Waals surface area contributed by atoms with Crippen molar-refractivity contribution in [3.63, 3.8) is 0 Å². The lowest BCUT2D eigenvalue weighted by Crippen LogP contribution is -1.93. The number of nitrogen functional groups attached to an aromatic ring is 1. The zero-order chi connectivity index (χ0) is 18.5. The number of aliphatic hydroxyl groups excluding tert-OH is 2. The summed E-state index contributed by atoms with van der Waals surface area (Å²) in [7, 11) is 0. The fraction of sp³-hybridized carbons (Fsp3) is 0.0909. The van der Waals surface area contributed by atoms with Crippen molar-refractivity contribution >= 4 is 49.8 Å². The van der Waals surface area contributed by atoms with E-state index in [1.807, 2.05) is 54.6 Å². The highest BCUT2D eigenvalue weighted by Crippen LogP contribution is 2.22. The Bertz CT molecular complexity index is 961. The van der Waals surface area contributed by atoms with Crippen LogP contribution < -0.4 is 5.73 Å². The Hall–Kier alpha value is -2.15. The molecule has 0 atom stereocenters. The molecule has 4 rings (SSSR count). The van der Waals surface area contributed by atoms with Crippen LogP contribution in [0.5, 0.6) is 0 Å². The maximum atomic E-state index is 9.07. The maximum Gasteiger partial charge on any atom is 0.0702 e. The SMILES string of the molecule is Nc1cc2ccccc2cc1CO.OCc1cc2ccccc2cc1I. The van der Waals surface area contributed by atoms with Crippen LogP contribution in [0.1, 0.15) is 11.1 Å². The van der Waals surface area contributed by atoms with Crippen molar-refractivity contribution in [3.05, 3.63) is 87.5 Å². The van der Waals surface area contributed by atoms with Crippen LogP contribution in [0.15, 0.2) is 72.8 Å². The minimum absolute atomic E-state index is 0.00331. The van der Waals surface area contributed by atoms with Crippen molar-refractivity contribution in [1.29, 1.82) is 0 Å². The van der Waals surface area contributed by atoms with Gasteiger partial charge in [0.25, 0.3) is 0 Å². The Balaban J connectivity index is 0.000000151. The number of benzene rings is 4. The molecule has 0 amide bonds. The highest BCUT2D eigenvalue weighted by molar-refractivity contribution is 14.1. The Morgan fingerprint density at radius 2 is 1.08 bits per heavy atom. The first-order valence-electron chi connectivity index (χ1n) is 8.28. The van der Waals surface area contributed by atoms with Crippen LogP contribution in [0.4, 0.5) is 5.69 Å². The fourth-order valence-corrected chi connectivity index (χ4v) is 3.48. The van der Waals surface area contributed by atoms with Gasteiger partial charge in [-0.15, -0.1) is 0 Å². The molecular weight excluding hydrogens is 437 g/mol. The van der Waals surface area contributed by atoms with E-state index in [0.29, 0.717) is 5.69 Å². The summed E-state index contributed by atoms with van der Waals surface area (Å²) in [6.45, 7) is 0.111. The molecule has 0 aromatic heterocycles. The van der Waals surface area contributed by atoms with E-state index >= 15 is 0 Å². The highest BCUT2D eigenvalue weighted by Gasteiger charge is 2.01. The van der Waals surface area contributed by atoms with Gasteiger partial charge in [0.15, 0.2) is 0 Å². The van der Waals surface area contributed by atoms with Crippen molar-refractivity contribution in [2.75, 3.05) is 5.73 Å². The van der Waals surface area contributed by atoms with Crippen molar-refractivity contribution in [1.82, 2.24) is 0 Å². The summed E-state index contributed by atoms with van der Waals surface area (Å²) in [5, 5.41) is 22.7. The second-order valence-electron chi connectivity index (χ2n) is 6.01. The zero-order valence-corrected chi connectivity index (χ0v) is 16.3. The Kier molecular flexibility index (Phi) is 6.08. The van der Waals surface area contributed by atoms with E-state index in [2.05, 4.69) is 40.8 Å². The zero-order valence-electron chi connectivity index (χ0n) is 14.2. The minimum atomic E-state index is -0.00331. The van der Waals surface area contributed by atoms with E-state index in [1.54, 1.807) is 0 Å². The molecular formula is C22H20INO2. The molecule has 26 heavy (non-hydrogen) atoms. The van der Waals surface area contributed by atoms with E-state index in [1.165, 1.54) is 10.8 Å². The van der Waals surface area contributed by atoms with E-state index in [9.17, 15) is 0 Å². The molecule has 4 N–H and O–H groups in total. The number of anilines is 1. The summed E-state index contributed by atoms with van der Waals surface area (Å²) in [4.78, 5) is 0. The quantitative estimate of drug-likeness (QED) is 0.298. The largest absolute Gasteiger partial charge is 0.398 e. The van der Waals surface area contributed by atoms with Crippen molar-refractivity contribution in [2.24, 2.45) is 0 Å². The minimum Gasteiger partial charge on any atom is -0.398 e. The third-order valence-corrected chi connectivity index (χ3v) is 5.27. The third kappa shape index (κ3) is 4.15. The molecule has 4 heteroatoms. The van der Waals surface area contributed by atoms with Gasteiger partial charge in [-0.1, -0.05) is 48.5 Å². The number of hydrogen-bond acceptors (Lipinski definition) is 3. The smallest absolute Gasteiger partial charge is 0.0702 e. The first-order valence-corrected chi connectivity index (χ1v) is 9.36. The number of aliphatic hydroxyl groups is 2. The third-order valence-electron chi connectivity index (χ3n) is 4.26. The number of nitrogens with two attached hydrogens (primary N) is 1. The lowest BCUT2D eigenvalue weighted by Gasteiger charge is -2.04. The number of hydrogen-bond donors (Lipinski definition) is 3. The van der Waals surface area contributed by atoms with Gasteiger partial charge in [-0.3, -0.25) is 0 Å². The Labute approximate surface area is 166 Å². The predicted molar refractivity (Wildman–Crippen MR) is 117 cm³/mol. The van der Waals surface area contributed by atoms with Crippen molar-refractivity contribution < 1.29 is 10.2 Å². The monoisotopic (exact) mass is 457 g/mol. The van der Waals surface area contributed by atoms with Crippen LogP contribution in [0.25, 0.3) is 21.5 Å². The number of halogens is 1. The van der Waals surface area contributed by atoms with Gasteiger partial charge in [-0.05, 0) is 74.0 Å². The fourth-order valence-electron chi connectivity index (χ4n) is 2.82. The number of fused-ring (bicyclic) bond motifs is 2. The maximum absolute atomic E-state index is 9.07. The first kappa shape index (κ1) is 18.6. The van der Waals surface area contributed by atoms with Gasteiger partial charge >= 0.3 is 0 Å².